The largest absolute Gasteiger partial charge is 0.341 e. The van der Waals surface area contributed by atoms with Crippen LogP contribution in [-0.2, 0) is 14.4 Å². The van der Waals surface area contributed by atoms with Gasteiger partial charge in [-0.15, -0.1) is 0 Å². The number of carbonyl (C=O) groups is 3. The van der Waals surface area contributed by atoms with Crippen LogP contribution in [0.3, 0.4) is 0 Å². The number of piperidine rings is 1. The predicted octanol–water partition coefficient (Wildman–Crippen LogP) is 4.01. The Morgan fingerprint density at radius 2 is 1.81 bits per heavy atom. The minimum Gasteiger partial charge on any atom is -0.341 e. The molecule has 3 aliphatic rings. The van der Waals surface area contributed by atoms with Crippen molar-refractivity contribution in [2.24, 2.45) is 11.8 Å². The van der Waals surface area contributed by atoms with Gasteiger partial charge in [-0.25, -0.2) is 4.39 Å². The van der Waals surface area contributed by atoms with Crippen molar-refractivity contribution in [3.63, 3.8) is 0 Å². The SMILES string of the molecule is CC1CC=CC(C(=O)N[C@@H](C(=O)N2CCC3(CC2)C(=O)N(C)CN3c2ccc(Br)cc2)C(C)C)=C1F. The van der Waals surface area contributed by atoms with Crippen LogP contribution < -0.4 is 10.2 Å². The topological polar surface area (TPSA) is 73.0 Å². The molecule has 0 bridgehead atoms. The summed E-state index contributed by atoms with van der Waals surface area (Å²) in [6.45, 7) is 6.76. The summed E-state index contributed by atoms with van der Waals surface area (Å²) in [5, 5.41) is 2.78. The maximum atomic E-state index is 14.6. The number of likely N-dealkylation sites (tertiary alicyclic amines) is 1. The zero-order valence-electron chi connectivity index (χ0n) is 21.3. The van der Waals surface area contributed by atoms with Gasteiger partial charge in [-0.05, 0) is 49.4 Å². The van der Waals surface area contributed by atoms with Crippen LogP contribution in [0.4, 0.5) is 10.1 Å². The van der Waals surface area contributed by atoms with E-state index in [4.69, 9.17) is 0 Å². The first-order valence-corrected chi connectivity index (χ1v) is 13.3. The van der Waals surface area contributed by atoms with Crippen molar-refractivity contribution in [2.75, 3.05) is 31.7 Å². The number of amides is 3. The fraction of sp³-hybridized carbons (Fsp3) is 0.519. The molecule has 2 aliphatic heterocycles. The number of allylic oxidation sites excluding steroid dienone is 2. The molecule has 36 heavy (non-hydrogen) atoms. The Morgan fingerprint density at radius 1 is 1.17 bits per heavy atom. The molecule has 1 aromatic carbocycles. The first-order chi connectivity index (χ1) is 17.0. The van der Waals surface area contributed by atoms with Gasteiger partial charge in [0.25, 0.3) is 5.91 Å². The standard InChI is InChI=1S/C27H34BrFN4O3/c1-17(2)23(30-24(34)21-7-5-6-18(3)22(21)29)25(35)32-14-12-27(13-15-32)26(36)31(4)16-33(27)20-10-8-19(28)9-11-20/h5,7-11,17-18,23H,6,12-16H2,1-4H3,(H,30,34)/t18?,23-/m1/s1. The first-order valence-electron chi connectivity index (χ1n) is 12.5. The molecule has 194 valence electrons. The summed E-state index contributed by atoms with van der Waals surface area (Å²) in [6, 6.07) is 7.13. The first kappa shape index (κ1) is 26.4. The minimum absolute atomic E-state index is 0.00507. The van der Waals surface area contributed by atoms with Crippen LogP contribution in [0.15, 0.2) is 52.3 Å². The lowest BCUT2D eigenvalue weighted by atomic mass is 9.85. The Labute approximate surface area is 220 Å². The maximum Gasteiger partial charge on any atom is 0.254 e. The van der Waals surface area contributed by atoms with Crippen LogP contribution in [0, 0.1) is 11.8 Å². The van der Waals surface area contributed by atoms with Gasteiger partial charge in [-0.2, -0.15) is 0 Å². The van der Waals surface area contributed by atoms with Gasteiger partial charge in [0.2, 0.25) is 11.8 Å². The molecule has 3 amide bonds. The molecular weight excluding hydrogens is 527 g/mol. The van der Waals surface area contributed by atoms with E-state index in [1.165, 1.54) is 6.08 Å². The van der Waals surface area contributed by atoms with Crippen molar-refractivity contribution >= 4 is 39.3 Å². The zero-order chi connectivity index (χ0) is 26.2. The molecule has 7 nitrogen and oxygen atoms in total. The second-order valence-corrected chi connectivity index (χ2v) is 11.3. The Morgan fingerprint density at radius 3 is 2.42 bits per heavy atom. The van der Waals surface area contributed by atoms with Crippen LogP contribution in [0.2, 0.25) is 0 Å². The van der Waals surface area contributed by atoms with Gasteiger partial charge in [-0.3, -0.25) is 14.4 Å². The highest BCUT2D eigenvalue weighted by Gasteiger charge is 2.53. The highest BCUT2D eigenvalue weighted by molar-refractivity contribution is 9.10. The Balaban J connectivity index is 1.48. The lowest BCUT2D eigenvalue weighted by Crippen LogP contribution is -2.60. The molecule has 2 atom stereocenters. The minimum atomic E-state index is -0.776. The third kappa shape index (κ3) is 4.82. The van der Waals surface area contributed by atoms with Crippen molar-refractivity contribution in [3.05, 3.63) is 52.3 Å². The number of hydrogen-bond acceptors (Lipinski definition) is 4. The van der Waals surface area contributed by atoms with Crippen molar-refractivity contribution in [1.82, 2.24) is 15.1 Å². The van der Waals surface area contributed by atoms with Crippen LogP contribution in [0.5, 0.6) is 0 Å². The molecule has 2 heterocycles. The average Bonchev–Trinajstić information content (AvgIpc) is 3.09. The molecule has 0 aromatic heterocycles. The van der Waals surface area contributed by atoms with Gasteiger partial charge in [-0.1, -0.05) is 48.9 Å². The van der Waals surface area contributed by atoms with Gasteiger partial charge < -0.3 is 20.0 Å². The lowest BCUT2D eigenvalue weighted by molar-refractivity contribution is -0.141. The fourth-order valence-corrected chi connectivity index (χ4v) is 5.63. The second kappa shape index (κ2) is 10.4. The summed E-state index contributed by atoms with van der Waals surface area (Å²) >= 11 is 3.47. The number of anilines is 1. The quantitative estimate of drug-likeness (QED) is 0.590. The Hall–Kier alpha value is -2.68. The number of carbonyl (C=O) groups excluding carboxylic acids is 3. The zero-order valence-corrected chi connectivity index (χ0v) is 22.8. The van der Waals surface area contributed by atoms with Crippen molar-refractivity contribution in [1.29, 1.82) is 0 Å². The number of likely N-dealkylation sites (N-methyl/N-ethyl adjacent to an activating group) is 1. The number of benzene rings is 1. The molecule has 1 N–H and O–H groups in total. The molecule has 1 spiro atoms. The van der Waals surface area contributed by atoms with E-state index in [1.807, 2.05) is 38.1 Å². The van der Waals surface area contributed by atoms with Crippen molar-refractivity contribution in [3.8, 4) is 0 Å². The number of nitrogens with one attached hydrogen (secondary N) is 1. The Kier molecular flexibility index (Phi) is 7.59. The summed E-state index contributed by atoms with van der Waals surface area (Å²) in [7, 11) is 1.80. The van der Waals surface area contributed by atoms with E-state index in [0.29, 0.717) is 39.0 Å². The lowest BCUT2D eigenvalue weighted by Gasteiger charge is -2.44. The van der Waals surface area contributed by atoms with E-state index in [2.05, 4.69) is 26.1 Å². The summed E-state index contributed by atoms with van der Waals surface area (Å²) in [6.07, 6.45) is 4.82. The Bertz CT molecular complexity index is 1090. The van der Waals surface area contributed by atoms with Crippen LogP contribution >= 0.6 is 15.9 Å². The summed E-state index contributed by atoms with van der Waals surface area (Å²) in [4.78, 5) is 45.3. The molecule has 1 unspecified atom stereocenters. The van der Waals surface area contributed by atoms with E-state index in [0.717, 1.165) is 10.2 Å². The number of rotatable bonds is 5. The maximum absolute atomic E-state index is 14.6. The van der Waals surface area contributed by atoms with E-state index in [1.54, 1.807) is 29.8 Å². The molecule has 1 aromatic rings. The molecule has 0 radical (unpaired) electrons. The van der Waals surface area contributed by atoms with Crippen LogP contribution in [0.1, 0.15) is 40.0 Å². The molecule has 1 aliphatic carbocycles. The van der Waals surface area contributed by atoms with Gasteiger partial charge >= 0.3 is 0 Å². The fourth-order valence-electron chi connectivity index (χ4n) is 5.36. The summed E-state index contributed by atoms with van der Waals surface area (Å²) in [5.74, 6) is -1.67. The molecule has 9 heteroatoms. The molecule has 4 rings (SSSR count). The third-order valence-corrected chi connectivity index (χ3v) is 8.11. The van der Waals surface area contributed by atoms with E-state index >= 15 is 0 Å². The monoisotopic (exact) mass is 560 g/mol. The molecule has 2 fully saturated rings. The van der Waals surface area contributed by atoms with Crippen LogP contribution in [0.25, 0.3) is 0 Å². The van der Waals surface area contributed by atoms with E-state index in [-0.39, 0.29) is 29.2 Å². The van der Waals surface area contributed by atoms with Gasteiger partial charge in [0.1, 0.15) is 17.4 Å². The van der Waals surface area contributed by atoms with E-state index in [9.17, 15) is 18.8 Å². The summed E-state index contributed by atoms with van der Waals surface area (Å²) < 4.78 is 15.5. The normalized spacial score (nSPS) is 22.6. The highest BCUT2D eigenvalue weighted by Crippen LogP contribution is 2.39. The predicted molar refractivity (Wildman–Crippen MR) is 141 cm³/mol. The molecule has 2 saturated heterocycles. The van der Waals surface area contributed by atoms with Crippen molar-refractivity contribution < 1.29 is 18.8 Å². The average molecular weight is 561 g/mol. The van der Waals surface area contributed by atoms with Crippen LogP contribution in [-0.4, -0.2) is 65.9 Å². The third-order valence-electron chi connectivity index (χ3n) is 7.58. The molecular formula is C27H34BrFN4O3. The molecule has 0 saturated carbocycles. The number of nitrogens with zero attached hydrogens (tertiary/aromatic N) is 3. The van der Waals surface area contributed by atoms with Gasteiger partial charge in [0.05, 0.1) is 12.2 Å². The summed E-state index contributed by atoms with van der Waals surface area (Å²) in [5.41, 5.74) is 0.259. The van der Waals surface area contributed by atoms with Crippen molar-refractivity contribution in [2.45, 2.75) is 51.6 Å². The van der Waals surface area contributed by atoms with Gasteiger partial charge in [0, 0.05) is 36.2 Å². The van der Waals surface area contributed by atoms with E-state index < -0.39 is 23.3 Å². The smallest absolute Gasteiger partial charge is 0.254 e. The van der Waals surface area contributed by atoms with Gasteiger partial charge in [0.15, 0.2) is 0 Å². The number of halogens is 2. The number of hydrogen-bond donors (Lipinski definition) is 1. The second-order valence-electron chi connectivity index (χ2n) is 10.4. The highest BCUT2D eigenvalue weighted by atomic mass is 79.9.